The first-order chi connectivity index (χ1) is 9.61. The Morgan fingerprint density at radius 2 is 2.20 bits per heavy atom. The van der Waals surface area contributed by atoms with Gasteiger partial charge in [-0.05, 0) is 30.7 Å². The molecule has 1 aromatic heterocycles. The monoisotopic (exact) mass is 292 g/mol. The number of carbonyl (C=O) groups excluding carboxylic acids is 1. The van der Waals surface area contributed by atoms with Crippen molar-refractivity contribution in [2.75, 3.05) is 6.54 Å². The molecule has 3 nitrogen and oxygen atoms in total. The van der Waals surface area contributed by atoms with Crippen molar-refractivity contribution in [3.63, 3.8) is 0 Å². The minimum Gasteiger partial charge on any atom is -0.335 e. The molecule has 0 aliphatic heterocycles. The molecule has 2 rings (SSSR count). The van der Waals surface area contributed by atoms with E-state index < -0.39 is 0 Å². The topological polar surface area (TPSA) is 33.2 Å². The highest BCUT2D eigenvalue weighted by atomic mass is 35.5. The lowest BCUT2D eigenvalue weighted by Crippen LogP contribution is -2.30. The van der Waals surface area contributed by atoms with Gasteiger partial charge in [0, 0.05) is 25.5 Å². The summed E-state index contributed by atoms with van der Waals surface area (Å²) in [6.07, 6.45) is 2.97. The molecule has 1 amide bonds. The van der Waals surface area contributed by atoms with Crippen LogP contribution in [-0.2, 0) is 6.54 Å². The lowest BCUT2D eigenvalue weighted by atomic mass is 10.2. The second-order valence-corrected chi connectivity index (χ2v) is 4.71. The molecule has 5 heteroatoms. The molecule has 0 aliphatic rings. The quantitative estimate of drug-likeness (QED) is 0.863. The van der Waals surface area contributed by atoms with Crippen molar-refractivity contribution in [3.05, 3.63) is 64.7 Å². The Labute approximate surface area is 122 Å². The van der Waals surface area contributed by atoms with Gasteiger partial charge in [-0.1, -0.05) is 23.7 Å². The maximum absolute atomic E-state index is 13.2. The van der Waals surface area contributed by atoms with Crippen LogP contribution < -0.4 is 0 Å². The van der Waals surface area contributed by atoms with Crippen LogP contribution in [0.4, 0.5) is 4.39 Å². The molecule has 0 unspecified atom stereocenters. The molecule has 20 heavy (non-hydrogen) atoms. The molecule has 2 aromatic rings. The van der Waals surface area contributed by atoms with Gasteiger partial charge in [0.2, 0.25) is 0 Å². The highest BCUT2D eigenvalue weighted by Gasteiger charge is 2.17. The number of benzene rings is 1. The van der Waals surface area contributed by atoms with Crippen LogP contribution in [0.3, 0.4) is 0 Å². The molecular formula is C15H14ClFN2O. The third-order valence-electron chi connectivity index (χ3n) is 2.93. The van der Waals surface area contributed by atoms with Crippen LogP contribution in [-0.4, -0.2) is 22.3 Å². The Hall–Kier alpha value is -1.94. The molecule has 104 valence electrons. The van der Waals surface area contributed by atoms with Crippen molar-refractivity contribution in [2.24, 2.45) is 0 Å². The maximum atomic E-state index is 13.2. The van der Waals surface area contributed by atoms with E-state index in [1.165, 1.54) is 24.5 Å². The number of rotatable bonds is 4. The summed E-state index contributed by atoms with van der Waals surface area (Å²) in [6.45, 7) is 2.69. The van der Waals surface area contributed by atoms with Crippen molar-refractivity contribution < 1.29 is 9.18 Å². The Morgan fingerprint density at radius 3 is 2.85 bits per heavy atom. The van der Waals surface area contributed by atoms with Crippen LogP contribution in [0.25, 0.3) is 0 Å². The number of carbonyl (C=O) groups is 1. The van der Waals surface area contributed by atoms with E-state index in [0.29, 0.717) is 23.7 Å². The molecular weight excluding hydrogens is 279 g/mol. The zero-order valence-corrected chi connectivity index (χ0v) is 11.8. The van der Waals surface area contributed by atoms with Crippen LogP contribution in [0.1, 0.15) is 22.8 Å². The number of amides is 1. The predicted molar refractivity (Wildman–Crippen MR) is 76.1 cm³/mol. The molecule has 0 bridgehead atoms. The third kappa shape index (κ3) is 3.33. The van der Waals surface area contributed by atoms with Crippen LogP contribution in [0, 0.1) is 5.82 Å². The lowest BCUT2D eigenvalue weighted by molar-refractivity contribution is 0.0752. The van der Waals surface area contributed by atoms with E-state index in [4.69, 9.17) is 11.6 Å². The van der Waals surface area contributed by atoms with Gasteiger partial charge >= 0.3 is 0 Å². The van der Waals surface area contributed by atoms with Crippen molar-refractivity contribution >= 4 is 17.5 Å². The van der Waals surface area contributed by atoms with Gasteiger partial charge < -0.3 is 4.90 Å². The van der Waals surface area contributed by atoms with Gasteiger partial charge in [0.25, 0.3) is 5.91 Å². The molecule has 0 radical (unpaired) electrons. The average Bonchev–Trinajstić information content (AvgIpc) is 2.44. The van der Waals surface area contributed by atoms with E-state index in [0.717, 1.165) is 5.56 Å². The van der Waals surface area contributed by atoms with Crippen LogP contribution in [0.15, 0.2) is 42.7 Å². The molecule has 0 fully saturated rings. The Kier molecular flexibility index (Phi) is 4.69. The second kappa shape index (κ2) is 6.48. The van der Waals surface area contributed by atoms with Gasteiger partial charge in [-0.3, -0.25) is 9.78 Å². The summed E-state index contributed by atoms with van der Waals surface area (Å²) in [4.78, 5) is 17.9. The van der Waals surface area contributed by atoms with E-state index in [9.17, 15) is 9.18 Å². The summed E-state index contributed by atoms with van der Waals surface area (Å²) >= 11 is 6.00. The zero-order chi connectivity index (χ0) is 14.5. The third-order valence-corrected chi connectivity index (χ3v) is 3.26. The summed E-state index contributed by atoms with van der Waals surface area (Å²) in [7, 11) is 0. The SMILES string of the molecule is CCN(Cc1cccc(F)c1)C(=O)c1cnccc1Cl. The van der Waals surface area contributed by atoms with Gasteiger partial charge in [0.05, 0.1) is 10.6 Å². The zero-order valence-electron chi connectivity index (χ0n) is 11.0. The minimum atomic E-state index is -0.314. The fourth-order valence-electron chi connectivity index (χ4n) is 1.89. The van der Waals surface area contributed by atoms with Gasteiger partial charge in [-0.15, -0.1) is 0 Å². The molecule has 0 atom stereocenters. The Bertz CT molecular complexity index is 618. The number of hydrogen-bond acceptors (Lipinski definition) is 2. The van der Waals surface area contributed by atoms with Crippen LogP contribution in [0.2, 0.25) is 5.02 Å². The maximum Gasteiger partial charge on any atom is 0.257 e. The molecule has 0 aliphatic carbocycles. The Balaban J connectivity index is 2.20. The Morgan fingerprint density at radius 1 is 1.40 bits per heavy atom. The molecule has 0 spiro atoms. The summed E-state index contributed by atoms with van der Waals surface area (Å²) < 4.78 is 13.2. The largest absolute Gasteiger partial charge is 0.335 e. The van der Waals surface area contributed by atoms with Crippen molar-refractivity contribution in [1.82, 2.24) is 9.88 Å². The smallest absolute Gasteiger partial charge is 0.257 e. The average molecular weight is 293 g/mol. The molecule has 0 saturated carbocycles. The number of halogens is 2. The van der Waals surface area contributed by atoms with Gasteiger partial charge in [-0.2, -0.15) is 0 Å². The van der Waals surface area contributed by atoms with Gasteiger partial charge in [0.1, 0.15) is 5.82 Å². The van der Waals surface area contributed by atoms with Gasteiger partial charge in [0.15, 0.2) is 0 Å². The fourth-order valence-corrected chi connectivity index (χ4v) is 2.07. The lowest BCUT2D eigenvalue weighted by Gasteiger charge is -2.21. The van der Waals surface area contributed by atoms with E-state index >= 15 is 0 Å². The first kappa shape index (κ1) is 14.5. The first-order valence-corrected chi connectivity index (χ1v) is 6.63. The van der Waals surface area contributed by atoms with Crippen molar-refractivity contribution in [2.45, 2.75) is 13.5 Å². The summed E-state index contributed by atoms with van der Waals surface area (Å²) in [5, 5.41) is 0.364. The predicted octanol–water partition coefficient (Wildman–Crippen LogP) is 3.54. The molecule has 0 saturated heterocycles. The summed E-state index contributed by atoms with van der Waals surface area (Å²) in [6, 6.07) is 7.77. The standard InChI is InChI=1S/C15H14ClFN2O/c1-2-19(10-11-4-3-5-12(17)8-11)15(20)13-9-18-7-6-14(13)16/h3-9H,2,10H2,1H3. The number of nitrogens with zero attached hydrogens (tertiary/aromatic N) is 2. The number of aromatic nitrogens is 1. The fraction of sp³-hybridized carbons (Fsp3) is 0.200. The van der Waals surface area contributed by atoms with Crippen molar-refractivity contribution in [1.29, 1.82) is 0 Å². The minimum absolute atomic E-state index is 0.213. The van der Waals surface area contributed by atoms with E-state index in [1.807, 2.05) is 6.92 Å². The summed E-state index contributed by atoms with van der Waals surface area (Å²) in [5.41, 5.74) is 1.09. The number of hydrogen-bond donors (Lipinski definition) is 0. The highest BCUT2D eigenvalue weighted by Crippen LogP contribution is 2.17. The van der Waals surface area contributed by atoms with Crippen LogP contribution in [0.5, 0.6) is 0 Å². The van der Waals surface area contributed by atoms with E-state index in [1.54, 1.807) is 23.1 Å². The first-order valence-electron chi connectivity index (χ1n) is 6.25. The van der Waals surface area contributed by atoms with E-state index in [2.05, 4.69) is 4.98 Å². The highest BCUT2D eigenvalue weighted by molar-refractivity contribution is 6.33. The normalized spacial score (nSPS) is 10.3. The number of pyridine rings is 1. The molecule has 1 aromatic carbocycles. The molecule has 1 heterocycles. The van der Waals surface area contributed by atoms with Crippen molar-refractivity contribution in [3.8, 4) is 0 Å². The van der Waals surface area contributed by atoms with Gasteiger partial charge in [-0.25, -0.2) is 4.39 Å². The van der Waals surface area contributed by atoms with Crippen LogP contribution >= 0.6 is 11.6 Å². The van der Waals surface area contributed by atoms with E-state index in [-0.39, 0.29) is 11.7 Å². The molecule has 0 N–H and O–H groups in total. The summed E-state index contributed by atoms with van der Waals surface area (Å²) in [5.74, 6) is -0.528. The second-order valence-electron chi connectivity index (χ2n) is 4.30.